The predicted molar refractivity (Wildman–Crippen MR) is 112 cm³/mol. The lowest BCUT2D eigenvalue weighted by Gasteiger charge is -2.19. The number of anilines is 1. The lowest BCUT2D eigenvalue weighted by atomic mass is 10.1. The number of carbonyl (C=O) groups is 2. The number of carbonyl (C=O) groups excluding carboxylic acids is 2. The van der Waals surface area contributed by atoms with Crippen LogP contribution < -0.4 is 4.90 Å². The third-order valence-electron chi connectivity index (χ3n) is 5.99. The molecule has 5 rings (SSSR count). The van der Waals surface area contributed by atoms with Gasteiger partial charge in [0.05, 0.1) is 11.0 Å². The van der Waals surface area contributed by atoms with E-state index in [4.69, 9.17) is 4.98 Å². The first-order valence-electron chi connectivity index (χ1n) is 10.3. The van der Waals surface area contributed by atoms with E-state index in [2.05, 4.69) is 0 Å². The van der Waals surface area contributed by atoms with Gasteiger partial charge in [-0.2, -0.15) is 0 Å². The summed E-state index contributed by atoms with van der Waals surface area (Å²) in [6, 6.07) is 17.7. The topological polar surface area (TPSA) is 58.4 Å². The van der Waals surface area contributed by atoms with Gasteiger partial charge in [-0.15, -0.1) is 0 Å². The molecule has 1 aromatic heterocycles. The first-order chi connectivity index (χ1) is 14.2. The van der Waals surface area contributed by atoms with Gasteiger partial charge in [-0.05, 0) is 37.1 Å². The Bertz CT molecular complexity index is 1050. The van der Waals surface area contributed by atoms with Gasteiger partial charge in [0.2, 0.25) is 11.8 Å². The SMILES string of the molecule is O=C(Cn1c(C2CC(=O)N(c3ccccc3)C2)nc2ccccc21)N1CCCC1. The highest BCUT2D eigenvalue weighted by molar-refractivity contribution is 5.96. The van der Waals surface area contributed by atoms with Crippen molar-refractivity contribution in [3.8, 4) is 0 Å². The number of likely N-dealkylation sites (tertiary alicyclic amines) is 1. The van der Waals surface area contributed by atoms with Crippen LogP contribution in [0.2, 0.25) is 0 Å². The standard InChI is InChI=1S/C23H24N4O2/c28-21-14-17(15-26(21)18-8-2-1-3-9-18)23-24-19-10-4-5-11-20(19)27(23)16-22(29)25-12-6-7-13-25/h1-5,8-11,17H,6-7,12-16H2. The number of benzene rings is 2. The molecule has 0 spiro atoms. The van der Waals surface area contributed by atoms with Crippen molar-refractivity contribution in [3.05, 3.63) is 60.4 Å². The van der Waals surface area contributed by atoms with Gasteiger partial charge in [-0.1, -0.05) is 30.3 Å². The summed E-state index contributed by atoms with van der Waals surface area (Å²) < 4.78 is 2.03. The molecule has 3 heterocycles. The van der Waals surface area contributed by atoms with E-state index in [-0.39, 0.29) is 24.3 Å². The number of fused-ring (bicyclic) bond motifs is 1. The Kier molecular flexibility index (Phi) is 4.54. The second-order valence-electron chi connectivity index (χ2n) is 7.87. The molecule has 1 atom stereocenters. The van der Waals surface area contributed by atoms with Crippen molar-refractivity contribution in [2.75, 3.05) is 24.5 Å². The molecule has 2 saturated heterocycles. The first kappa shape index (κ1) is 17.9. The van der Waals surface area contributed by atoms with Crippen LogP contribution in [0.1, 0.15) is 31.0 Å². The van der Waals surface area contributed by atoms with Crippen LogP contribution in [0.4, 0.5) is 5.69 Å². The van der Waals surface area contributed by atoms with Crippen molar-refractivity contribution in [2.24, 2.45) is 0 Å². The van der Waals surface area contributed by atoms with Crippen LogP contribution in [0.5, 0.6) is 0 Å². The summed E-state index contributed by atoms with van der Waals surface area (Å²) in [4.78, 5) is 34.2. The van der Waals surface area contributed by atoms with E-state index in [1.807, 2.05) is 69.0 Å². The van der Waals surface area contributed by atoms with Crippen molar-refractivity contribution in [2.45, 2.75) is 31.7 Å². The number of para-hydroxylation sites is 3. The minimum Gasteiger partial charge on any atom is -0.341 e. The lowest BCUT2D eigenvalue weighted by Crippen LogP contribution is -2.32. The monoisotopic (exact) mass is 388 g/mol. The van der Waals surface area contributed by atoms with Crippen molar-refractivity contribution in [1.82, 2.24) is 14.5 Å². The Morgan fingerprint density at radius 2 is 1.72 bits per heavy atom. The molecule has 0 N–H and O–H groups in total. The van der Waals surface area contributed by atoms with E-state index >= 15 is 0 Å². The average molecular weight is 388 g/mol. The third kappa shape index (κ3) is 3.28. The molecule has 29 heavy (non-hydrogen) atoms. The van der Waals surface area contributed by atoms with Crippen LogP contribution in [-0.2, 0) is 16.1 Å². The fourth-order valence-electron chi connectivity index (χ4n) is 4.51. The second kappa shape index (κ2) is 7.35. The van der Waals surface area contributed by atoms with E-state index in [0.29, 0.717) is 13.0 Å². The van der Waals surface area contributed by atoms with Gasteiger partial charge >= 0.3 is 0 Å². The summed E-state index contributed by atoms with van der Waals surface area (Å²) in [5.41, 5.74) is 2.75. The van der Waals surface area contributed by atoms with Gasteiger partial charge in [0.15, 0.2) is 0 Å². The number of hydrogen-bond acceptors (Lipinski definition) is 3. The van der Waals surface area contributed by atoms with Gasteiger partial charge in [-0.25, -0.2) is 4.98 Å². The van der Waals surface area contributed by atoms with Crippen molar-refractivity contribution in [1.29, 1.82) is 0 Å². The molecule has 3 aromatic rings. The van der Waals surface area contributed by atoms with Crippen LogP contribution in [0.3, 0.4) is 0 Å². The van der Waals surface area contributed by atoms with Crippen molar-refractivity contribution >= 4 is 28.5 Å². The van der Waals surface area contributed by atoms with Gasteiger partial charge in [0.25, 0.3) is 0 Å². The average Bonchev–Trinajstić information content (AvgIpc) is 3.48. The number of imidazole rings is 1. The second-order valence-corrected chi connectivity index (χ2v) is 7.87. The Morgan fingerprint density at radius 3 is 2.52 bits per heavy atom. The predicted octanol–water partition coefficient (Wildman–Crippen LogP) is 3.18. The zero-order chi connectivity index (χ0) is 19.8. The molecule has 0 radical (unpaired) electrons. The fourth-order valence-corrected chi connectivity index (χ4v) is 4.51. The van der Waals surface area contributed by atoms with Gasteiger partial charge in [0, 0.05) is 37.7 Å². The minimum absolute atomic E-state index is 0.0264. The third-order valence-corrected chi connectivity index (χ3v) is 5.99. The Hall–Kier alpha value is -3.15. The highest BCUT2D eigenvalue weighted by Gasteiger charge is 2.35. The van der Waals surface area contributed by atoms with Crippen LogP contribution in [-0.4, -0.2) is 45.9 Å². The highest BCUT2D eigenvalue weighted by Crippen LogP contribution is 2.33. The first-order valence-corrected chi connectivity index (χ1v) is 10.3. The maximum Gasteiger partial charge on any atom is 0.242 e. The van der Waals surface area contributed by atoms with E-state index in [0.717, 1.165) is 48.5 Å². The summed E-state index contributed by atoms with van der Waals surface area (Å²) >= 11 is 0. The molecule has 6 heteroatoms. The molecule has 2 fully saturated rings. The molecule has 2 aliphatic heterocycles. The Morgan fingerprint density at radius 1 is 1.00 bits per heavy atom. The number of aromatic nitrogens is 2. The Balaban J connectivity index is 1.48. The normalized spacial score (nSPS) is 19.4. The fraction of sp³-hybridized carbons (Fsp3) is 0.348. The van der Waals surface area contributed by atoms with Crippen LogP contribution in [0.25, 0.3) is 11.0 Å². The number of amides is 2. The van der Waals surface area contributed by atoms with Gasteiger partial charge in [-0.3, -0.25) is 9.59 Å². The highest BCUT2D eigenvalue weighted by atomic mass is 16.2. The molecule has 0 bridgehead atoms. The molecule has 2 amide bonds. The summed E-state index contributed by atoms with van der Waals surface area (Å²) in [7, 11) is 0. The van der Waals surface area contributed by atoms with Crippen LogP contribution >= 0.6 is 0 Å². The summed E-state index contributed by atoms with van der Waals surface area (Å²) in [6.45, 7) is 2.55. The number of rotatable bonds is 4. The van der Waals surface area contributed by atoms with Crippen molar-refractivity contribution < 1.29 is 9.59 Å². The zero-order valence-corrected chi connectivity index (χ0v) is 16.3. The van der Waals surface area contributed by atoms with Crippen LogP contribution in [0, 0.1) is 0 Å². The van der Waals surface area contributed by atoms with E-state index in [9.17, 15) is 9.59 Å². The van der Waals surface area contributed by atoms with E-state index in [1.54, 1.807) is 0 Å². The molecule has 2 aromatic carbocycles. The molecule has 1 unspecified atom stereocenters. The van der Waals surface area contributed by atoms with Crippen LogP contribution in [0.15, 0.2) is 54.6 Å². The largest absolute Gasteiger partial charge is 0.341 e. The molecule has 6 nitrogen and oxygen atoms in total. The molecular formula is C23H24N4O2. The molecule has 0 saturated carbocycles. The summed E-state index contributed by atoms with van der Waals surface area (Å²) in [5.74, 6) is 1.05. The molecule has 148 valence electrons. The van der Waals surface area contributed by atoms with Gasteiger partial charge in [0.1, 0.15) is 12.4 Å². The maximum absolute atomic E-state index is 12.9. The summed E-state index contributed by atoms with van der Waals surface area (Å²) in [6.07, 6.45) is 2.56. The number of hydrogen-bond donors (Lipinski definition) is 0. The smallest absolute Gasteiger partial charge is 0.242 e. The molecular weight excluding hydrogens is 364 g/mol. The maximum atomic E-state index is 12.9. The van der Waals surface area contributed by atoms with Gasteiger partial charge < -0.3 is 14.4 Å². The quantitative estimate of drug-likeness (QED) is 0.690. The van der Waals surface area contributed by atoms with E-state index in [1.165, 1.54) is 0 Å². The summed E-state index contributed by atoms with van der Waals surface area (Å²) in [5, 5.41) is 0. The van der Waals surface area contributed by atoms with Crippen molar-refractivity contribution in [3.63, 3.8) is 0 Å². The lowest BCUT2D eigenvalue weighted by molar-refractivity contribution is -0.130. The zero-order valence-electron chi connectivity index (χ0n) is 16.3. The van der Waals surface area contributed by atoms with E-state index < -0.39 is 0 Å². The Labute approximate surface area is 169 Å². The number of nitrogens with zero attached hydrogens (tertiary/aromatic N) is 4. The molecule has 0 aliphatic carbocycles. The molecule has 2 aliphatic rings. The minimum atomic E-state index is -0.0264.